The van der Waals surface area contributed by atoms with E-state index >= 15 is 0 Å². The van der Waals surface area contributed by atoms with E-state index in [0.29, 0.717) is 0 Å². The second-order valence-electron chi connectivity index (χ2n) is 7.76. The molecule has 0 saturated heterocycles. The Hall–Kier alpha value is -2.88. The molecule has 0 aromatic heterocycles. The number of nitrogens with one attached hydrogen (secondary N) is 2. The molecule has 0 aliphatic heterocycles. The van der Waals surface area contributed by atoms with E-state index in [1.165, 1.54) is 6.08 Å². The van der Waals surface area contributed by atoms with Crippen LogP contribution in [0.15, 0.2) is 66.7 Å². The van der Waals surface area contributed by atoms with Crippen LogP contribution in [-0.4, -0.2) is 18.4 Å². The van der Waals surface area contributed by atoms with Crippen molar-refractivity contribution in [1.82, 2.24) is 10.6 Å². The zero-order chi connectivity index (χ0) is 19.7. The predicted octanol–water partition coefficient (Wildman–Crippen LogP) is 4.11. The molecule has 4 nitrogen and oxygen atoms in total. The van der Waals surface area contributed by atoms with Gasteiger partial charge in [0.1, 0.15) is 0 Å². The van der Waals surface area contributed by atoms with E-state index in [-0.39, 0.29) is 29.8 Å². The first-order chi connectivity index (χ1) is 12.8. The van der Waals surface area contributed by atoms with Crippen LogP contribution in [-0.2, 0) is 9.59 Å². The summed E-state index contributed by atoms with van der Waals surface area (Å²) in [5.74, 6) is -0.490. The average molecular weight is 364 g/mol. The van der Waals surface area contributed by atoms with E-state index in [4.69, 9.17) is 0 Å². The lowest BCUT2D eigenvalue weighted by molar-refractivity contribution is -0.124. The Kier molecular flexibility index (Phi) is 7.35. The summed E-state index contributed by atoms with van der Waals surface area (Å²) < 4.78 is 0. The van der Waals surface area contributed by atoms with Gasteiger partial charge in [0.25, 0.3) is 0 Å². The number of hydrogen-bond donors (Lipinski definition) is 2. The van der Waals surface area contributed by atoms with Gasteiger partial charge < -0.3 is 10.6 Å². The standard InChI is InChI=1S/C23H28N2O2/c1-23(2,3)16-20(19-12-8-5-9-13-19)25-22(27)17-24-21(26)15-14-18-10-6-4-7-11-18/h4-15,20H,16-17H2,1-3H3,(H,24,26)(H,25,27)/b15-14+. The Balaban J connectivity index is 1.89. The van der Waals surface area contributed by atoms with Crippen LogP contribution < -0.4 is 10.6 Å². The second kappa shape index (κ2) is 9.72. The van der Waals surface area contributed by atoms with E-state index in [2.05, 4.69) is 31.4 Å². The fraction of sp³-hybridized carbons (Fsp3) is 0.304. The third-order valence-corrected chi connectivity index (χ3v) is 4.00. The molecule has 0 heterocycles. The van der Waals surface area contributed by atoms with E-state index in [1.807, 2.05) is 60.7 Å². The largest absolute Gasteiger partial charge is 0.348 e. The van der Waals surface area contributed by atoms with Crippen molar-refractivity contribution in [1.29, 1.82) is 0 Å². The summed E-state index contributed by atoms with van der Waals surface area (Å²) in [5.41, 5.74) is 2.07. The fourth-order valence-electron chi connectivity index (χ4n) is 2.76. The SMILES string of the molecule is CC(C)(C)CC(NC(=O)CNC(=O)/C=C/c1ccccc1)c1ccccc1. The van der Waals surface area contributed by atoms with Crippen LogP contribution >= 0.6 is 0 Å². The monoisotopic (exact) mass is 364 g/mol. The van der Waals surface area contributed by atoms with Gasteiger partial charge in [0, 0.05) is 6.08 Å². The van der Waals surface area contributed by atoms with Crippen molar-refractivity contribution in [3.8, 4) is 0 Å². The minimum Gasteiger partial charge on any atom is -0.348 e. The lowest BCUT2D eigenvalue weighted by Crippen LogP contribution is -2.39. The maximum Gasteiger partial charge on any atom is 0.244 e. The van der Waals surface area contributed by atoms with E-state index < -0.39 is 0 Å². The first-order valence-electron chi connectivity index (χ1n) is 9.19. The maximum atomic E-state index is 12.3. The van der Waals surface area contributed by atoms with Crippen molar-refractivity contribution in [3.63, 3.8) is 0 Å². The number of benzene rings is 2. The molecule has 2 aromatic rings. The van der Waals surface area contributed by atoms with E-state index in [9.17, 15) is 9.59 Å². The predicted molar refractivity (Wildman–Crippen MR) is 110 cm³/mol. The van der Waals surface area contributed by atoms with Crippen molar-refractivity contribution in [3.05, 3.63) is 77.9 Å². The first-order valence-corrected chi connectivity index (χ1v) is 9.19. The van der Waals surface area contributed by atoms with Gasteiger partial charge in [0.15, 0.2) is 0 Å². The van der Waals surface area contributed by atoms with Crippen LogP contribution in [0.25, 0.3) is 6.08 Å². The number of rotatable bonds is 7. The average Bonchev–Trinajstić information content (AvgIpc) is 2.64. The van der Waals surface area contributed by atoms with Crippen molar-refractivity contribution < 1.29 is 9.59 Å². The van der Waals surface area contributed by atoms with Gasteiger partial charge in [-0.05, 0) is 29.0 Å². The number of carbonyl (C=O) groups excluding carboxylic acids is 2. The first kappa shape index (κ1) is 20.4. The minimum atomic E-state index is -0.291. The van der Waals surface area contributed by atoms with Crippen molar-refractivity contribution in [2.45, 2.75) is 33.2 Å². The summed E-state index contributed by atoms with van der Waals surface area (Å²) in [7, 11) is 0. The molecule has 2 amide bonds. The molecule has 1 unspecified atom stereocenters. The summed E-state index contributed by atoms with van der Waals surface area (Å²) in [5, 5.41) is 5.68. The highest BCUT2D eigenvalue weighted by molar-refractivity contribution is 5.94. The van der Waals surface area contributed by atoms with Crippen molar-refractivity contribution in [2.24, 2.45) is 5.41 Å². The summed E-state index contributed by atoms with van der Waals surface area (Å²) in [4.78, 5) is 24.3. The van der Waals surface area contributed by atoms with Gasteiger partial charge in [-0.15, -0.1) is 0 Å². The second-order valence-corrected chi connectivity index (χ2v) is 7.76. The summed E-state index contributed by atoms with van der Waals surface area (Å²) in [6.45, 7) is 6.38. The van der Waals surface area contributed by atoms with E-state index in [1.54, 1.807) is 6.08 Å². The van der Waals surface area contributed by atoms with Gasteiger partial charge in [-0.3, -0.25) is 9.59 Å². The van der Waals surface area contributed by atoms with Gasteiger partial charge in [-0.2, -0.15) is 0 Å². The van der Waals surface area contributed by atoms with Gasteiger partial charge in [0.05, 0.1) is 12.6 Å². The zero-order valence-corrected chi connectivity index (χ0v) is 16.2. The molecule has 0 aliphatic carbocycles. The number of hydrogen-bond acceptors (Lipinski definition) is 2. The highest BCUT2D eigenvalue weighted by Gasteiger charge is 2.21. The van der Waals surface area contributed by atoms with Crippen molar-refractivity contribution >= 4 is 17.9 Å². The summed E-state index contributed by atoms with van der Waals surface area (Å²) in [6.07, 6.45) is 3.97. The molecule has 0 aliphatic rings. The lowest BCUT2D eigenvalue weighted by atomic mass is 9.85. The Bertz CT molecular complexity index is 762. The van der Waals surface area contributed by atoms with Crippen LogP contribution in [0.1, 0.15) is 44.4 Å². The highest BCUT2D eigenvalue weighted by atomic mass is 16.2. The van der Waals surface area contributed by atoms with Gasteiger partial charge in [0.2, 0.25) is 11.8 Å². The van der Waals surface area contributed by atoms with Crippen molar-refractivity contribution in [2.75, 3.05) is 6.54 Å². The molecule has 2 N–H and O–H groups in total. The van der Waals surface area contributed by atoms with Crippen LogP contribution in [0.3, 0.4) is 0 Å². The molecule has 0 radical (unpaired) electrons. The van der Waals surface area contributed by atoms with Gasteiger partial charge >= 0.3 is 0 Å². The Morgan fingerprint density at radius 1 is 0.963 bits per heavy atom. The number of amides is 2. The zero-order valence-electron chi connectivity index (χ0n) is 16.2. The lowest BCUT2D eigenvalue weighted by Gasteiger charge is -2.27. The Morgan fingerprint density at radius 2 is 1.56 bits per heavy atom. The van der Waals surface area contributed by atoms with Gasteiger partial charge in [-0.1, -0.05) is 81.4 Å². The number of carbonyl (C=O) groups is 2. The molecule has 0 fully saturated rings. The highest BCUT2D eigenvalue weighted by Crippen LogP contribution is 2.29. The molecule has 142 valence electrons. The smallest absolute Gasteiger partial charge is 0.244 e. The van der Waals surface area contributed by atoms with Crippen LogP contribution in [0.4, 0.5) is 0 Å². The molecule has 0 saturated carbocycles. The quantitative estimate of drug-likeness (QED) is 0.727. The fourth-order valence-corrected chi connectivity index (χ4v) is 2.76. The van der Waals surface area contributed by atoms with E-state index in [0.717, 1.165) is 17.5 Å². The minimum absolute atomic E-state index is 0.0502. The third kappa shape index (κ3) is 7.90. The molecular weight excluding hydrogens is 336 g/mol. The third-order valence-electron chi connectivity index (χ3n) is 4.00. The van der Waals surface area contributed by atoms with Crippen LogP contribution in [0.5, 0.6) is 0 Å². The molecule has 4 heteroatoms. The maximum absolute atomic E-state index is 12.3. The van der Waals surface area contributed by atoms with Crippen LogP contribution in [0.2, 0.25) is 0 Å². The molecule has 2 aromatic carbocycles. The molecule has 0 spiro atoms. The Morgan fingerprint density at radius 3 is 2.15 bits per heavy atom. The summed E-state index contributed by atoms with van der Waals surface area (Å²) >= 11 is 0. The van der Waals surface area contributed by atoms with Crippen LogP contribution in [0, 0.1) is 5.41 Å². The molecule has 0 bridgehead atoms. The normalized spacial score (nSPS) is 12.6. The molecule has 1 atom stereocenters. The van der Waals surface area contributed by atoms with Gasteiger partial charge in [-0.25, -0.2) is 0 Å². The topological polar surface area (TPSA) is 58.2 Å². The molecule has 2 rings (SSSR count). The molecular formula is C23H28N2O2. The molecule has 27 heavy (non-hydrogen) atoms. The summed E-state index contributed by atoms with van der Waals surface area (Å²) in [6, 6.07) is 19.4. The Labute approximate surface area is 161 Å².